The molecule has 0 atom stereocenters. The van der Waals surface area contributed by atoms with Gasteiger partial charge < -0.3 is 15.7 Å². The molecule has 0 bridgehead atoms. The summed E-state index contributed by atoms with van der Waals surface area (Å²) < 4.78 is 0. The number of rotatable bonds is 5. The smallest absolute Gasteiger partial charge is 0.317 e. The molecule has 0 unspecified atom stereocenters. The molecule has 0 saturated heterocycles. The lowest BCUT2D eigenvalue weighted by Gasteiger charge is -2.32. The minimum atomic E-state index is -0.787. The van der Waals surface area contributed by atoms with Crippen LogP contribution in [0.5, 0.6) is 0 Å². The highest BCUT2D eigenvalue weighted by atomic mass is 32.2. The predicted octanol–water partition coefficient (Wildman–Crippen LogP) is 1.20. The summed E-state index contributed by atoms with van der Waals surface area (Å²) >= 11 is 1.82. The summed E-state index contributed by atoms with van der Waals surface area (Å²) in [6.07, 6.45) is 0. The van der Waals surface area contributed by atoms with E-state index in [9.17, 15) is 4.79 Å². The third kappa shape index (κ3) is 3.78. The average Bonchev–Trinajstić information content (AvgIpc) is 2.35. The zero-order chi connectivity index (χ0) is 13.8. The SMILES string of the molecule is CN(CCN1CCSc2cc(N)ccc21)CC(=O)O. The fourth-order valence-electron chi connectivity index (χ4n) is 2.13. The van der Waals surface area contributed by atoms with E-state index in [0.29, 0.717) is 0 Å². The Morgan fingerprint density at radius 2 is 2.37 bits per heavy atom. The van der Waals surface area contributed by atoms with Gasteiger partial charge in [0.25, 0.3) is 0 Å². The lowest BCUT2D eigenvalue weighted by Crippen LogP contribution is -2.38. The van der Waals surface area contributed by atoms with Crippen molar-refractivity contribution in [3.63, 3.8) is 0 Å². The molecule has 1 heterocycles. The van der Waals surface area contributed by atoms with Crippen LogP contribution in [0.25, 0.3) is 0 Å². The number of nitrogen functional groups attached to an aromatic ring is 1. The maximum atomic E-state index is 10.6. The molecule has 0 spiro atoms. The Balaban J connectivity index is 1.98. The van der Waals surface area contributed by atoms with E-state index >= 15 is 0 Å². The number of carbonyl (C=O) groups is 1. The molecule has 0 aromatic heterocycles. The number of hydrogen-bond acceptors (Lipinski definition) is 5. The molecule has 0 aliphatic carbocycles. The van der Waals surface area contributed by atoms with Crippen molar-refractivity contribution in [1.82, 2.24) is 4.90 Å². The number of fused-ring (bicyclic) bond motifs is 1. The number of carboxylic acid groups (broad SMARTS) is 1. The first-order valence-corrected chi connectivity index (χ1v) is 7.22. The molecule has 1 aromatic carbocycles. The summed E-state index contributed by atoms with van der Waals surface area (Å²) in [6, 6.07) is 5.97. The maximum Gasteiger partial charge on any atom is 0.317 e. The van der Waals surface area contributed by atoms with Crippen LogP contribution in [0.3, 0.4) is 0 Å². The molecule has 5 nitrogen and oxygen atoms in total. The van der Waals surface area contributed by atoms with Gasteiger partial charge in [-0.2, -0.15) is 0 Å². The Morgan fingerprint density at radius 3 is 3.11 bits per heavy atom. The van der Waals surface area contributed by atoms with Gasteiger partial charge in [-0.05, 0) is 25.2 Å². The molecule has 3 N–H and O–H groups in total. The van der Waals surface area contributed by atoms with Crippen LogP contribution in [0.4, 0.5) is 11.4 Å². The van der Waals surface area contributed by atoms with Gasteiger partial charge in [0.05, 0.1) is 12.2 Å². The Kier molecular flexibility index (Phi) is 4.55. The Hall–Kier alpha value is -1.40. The number of thioether (sulfide) groups is 1. The number of benzene rings is 1. The predicted molar refractivity (Wildman–Crippen MR) is 78.9 cm³/mol. The highest BCUT2D eigenvalue weighted by molar-refractivity contribution is 7.99. The van der Waals surface area contributed by atoms with Crippen LogP contribution in [0.1, 0.15) is 0 Å². The van der Waals surface area contributed by atoms with Gasteiger partial charge in [0, 0.05) is 36.0 Å². The first kappa shape index (κ1) is 14.0. The minimum absolute atomic E-state index is 0.0805. The van der Waals surface area contributed by atoms with E-state index in [-0.39, 0.29) is 6.54 Å². The topological polar surface area (TPSA) is 69.8 Å². The number of anilines is 2. The quantitative estimate of drug-likeness (QED) is 0.790. The zero-order valence-corrected chi connectivity index (χ0v) is 11.8. The number of likely N-dealkylation sites (N-methyl/N-ethyl adjacent to an activating group) is 1. The second-order valence-electron chi connectivity index (χ2n) is 4.69. The largest absolute Gasteiger partial charge is 0.480 e. The summed E-state index contributed by atoms with van der Waals surface area (Å²) in [5.41, 5.74) is 7.79. The van der Waals surface area contributed by atoms with E-state index in [1.165, 1.54) is 10.6 Å². The van der Waals surface area contributed by atoms with Crippen LogP contribution in [0.2, 0.25) is 0 Å². The van der Waals surface area contributed by atoms with Crippen molar-refractivity contribution in [1.29, 1.82) is 0 Å². The standard InChI is InChI=1S/C13H19N3O2S/c1-15(9-13(17)18)4-5-16-6-7-19-12-8-10(14)2-3-11(12)16/h2-3,8H,4-7,9,14H2,1H3,(H,17,18). The summed E-state index contributed by atoms with van der Waals surface area (Å²) in [4.78, 5) is 16.0. The van der Waals surface area contributed by atoms with E-state index in [1.807, 2.05) is 41.9 Å². The van der Waals surface area contributed by atoms with Gasteiger partial charge in [0.15, 0.2) is 0 Å². The molecule has 0 radical (unpaired) electrons. The van der Waals surface area contributed by atoms with Crippen LogP contribution in [0, 0.1) is 0 Å². The van der Waals surface area contributed by atoms with Gasteiger partial charge in [0.2, 0.25) is 0 Å². The van der Waals surface area contributed by atoms with E-state index in [0.717, 1.165) is 31.1 Å². The van der Waals surface area contributed by atoms with Crippen molar-refractivity contribution in [2.75, 3.05) is 49.6 Å². The van der Waals surface area contributed by atoms with Crippen molar-refractivity contribution in [3.8, 4) is 0 Å². The van der Waals surface area contributed by atoms with E-state index in [4.69, 9.17) is 10.8 Å². The number of carboxylic acids is 1. The van der Waals surface area contributed by atoms with Crippen LogP contribution < -0.4 is 10.6 Å². The van der Waals surface area contributed by atoms with Gasteiger partial charge in [-0.1, -0.05) is 0 Å². The number of hydrogen-bond donors (Lipinski definition) is 2. The monoisotopic (exact) mass is 281 g/mol. The van der Waals surface area contributed by atoms with Crippen molar-refractivity contribution >= 4 is 29.1 Å². The minimum Gasteiger partial charge on any atom is -0.480 e. The molecule has 0 saturated carbocycles. The fourth-order valence-corrected chi connectivity index (χ4v) is 3.22. The molecule has 0 fully saturated rings. The molecule has 1 aliphatic heterocycles. The molecule has 6 heteroatoms. The van der Waals surface area contributed by atoms with E-state index in [2.05, 4.69) is 4.90 Å². The highest BCUT2D eigenvalue weighted by Gasteiger charge is 2.17. The molecule has 19 heavy (non-hydrogen) atoms. The van der Waals surface area contributed by atoms with Crippen LogP contribution in [-0.2, 0) is 4.79 Å². The third-order valence-electron chi connectivity index (χ3n) is 3.10. The van der Waals surface area contributed by atoms with Gasteiger partial charge in [-0.3, -0.25) is 9.69 Å². The molecule has 1 aromatic rings. The van der Waals surface area contributed by atoms with Gasteiger partial charge in [-0.15, -0.1) is 11.8 Å². The number of nitrogens with two attached hydrogens (primary N) is 1. The van der Waals surface area contributed by atoms with Crippen LogP contribution in [-0.4, -0.2) is 55.0 Å². The lowest BCUT2D eigenvalue weighted by molar-refractivity contribution is -0.137. The highest BCUT2D eigenvalue weighted by Crippen LogP contribution is 2.35. The molecule has 1 aliphatic rings. The Bertz CT molecular complexity index is 467. The molecular formula is C13H19N3O2S. The van der Waals surface area contributed by atoms with E-state index in [1.54, 1.807) is 0 Å². The number of aliphatic carboxylic acids is 1. The molecule has 2 rings (SSSR count). The van der Waals surface area contributed by atoms with Gasteiger partial charge >= 0.3 is 5.97 Å². The van der Waals surface area contributed by atoms with Crippen molar-refractivity contribution in [2.24, 2.45) is 0 Å². The van der Waals surface area contributed by atoms with Gasteiger partial charge in [-0.25, -0.2) is 0 Å². The van der Waals surface area contributed by atoms with E-state index < -0.39 is 5.97 Å². The lowest BCUT2D eigenvalue weighted by atomic mass is 10.2. The first-order chi connectivity index (χ1) is 9.06. The van der Waals surface area contributed by atoms with Gasteiger partial charge in [0.1, 0.15) is 0 Å². The summed E-state index contributed by atoms with van der Waals surface area (Å²) in [5, 5.41) is 8.74. The summed E-state index contributed by atoms with van der Waals surface area (Å²) in [6.45, 7) is 2.64. The van der Waals surface area contributed by atoms with Crippen LogP contribution >= 0.6 is 11.8 Å². The van der Waals surface area contributed by atoms with Crippen molar-refractivity contribution < 1.29 is 9.90 Å². The molecule has 0 amide bonds. The molecule has 104 valence electrons. The van der Waals surface area contributed by atoms with Crippen molar-refractivity contribution in [2.45, 2.75) is 4.90 Å². The second kappa shape index (κ2) is 6.16. The average molecular weight is 281 g/mol. The zero-order valence-electron chi connectivity index (χ0n) is 11.0. The Labute approximate surface area is 117 Å². The third-order valence-corrected chi connectivity index (χ3v) is 4.12. The summed E-state index contributed by atoms with van der Waals surface area (Å²) in [5.74, 6) is 0.254. The fraction of sp³-hybridized carbons (Fsp3) is 0.462. The van der Waals surface area contributed by atoms with Crippen molar-refractivity contribution in [3.05, 3.63) is 18.2 Å². The second-order valence-corrected chi connectivity index (χ2v) is 5.83. The number of nitrogens with zero attached hydrogens (tertiary/aromatic N) is 2. The summed E-state index contributed by atoms with van der Waals surface area (Å²) in [7, 11) is 1.83. The molecular weight excluding hydrogens is 262 g/mol. The Morgan fingerprint density at radius 1 is 1.58 bits per heavy atom. The first-order valence-electron chi connectivity index (χ1n) is 6.24. The maximum absolute atomic E-state index is 10.6. The normalized spacial score (nSPS) is 14.5. The van der Waals surface area contributed by atoms with Crippen LogP contribution in [0.15, 0.2) is 23.1 Å².